The number of amides is 3. The van der Waals surface area contributed by atoms with Crippen LogP contribution in [0.4, 0.5) is 0 Å². The molecule has 9 heteroatoms. The van der Waals surface area contributed by atoms with E-state index in [1.807, 2.05) is 41.7 Å². The zero-order valence-corrected chi connectivity index (χ0v) is 27.2. The van der Waals surface area contributed by atoms with Crippen molar-refractivity contribution >= 4 is 23.7 Å². The Hall–Kier alpha value is -2.42. The van der Waals surface area contributed by atoms with Gasteiger partial charge in [0.2, 0.25) is 17.7 Å². The highest BCUT2D eigenvalue weighted by Crippen LogP contribution is 2.41. The highest BCUT2D eigenvalue weighted by atomic mass is 16.4. The van der Waals surface area contributed by atoms with Crippen molar-refractivity contribution in [1.29, 1.82) is 0 Å². The largest absolute Gasteiger partial charge is 0.480 e. The van der Waals surface area contributed by atoms with Crippen LogP contribution in [-0.2, 0) is 19.2 Å². The molecule has 0 aromatic heterocycles. The quantitative estimate of drug-likeness (QED) is 0.317. The van der Waals surface area contributed by atoms with Crippen LogP contribution in [0, 0.1) is 22.7 Å². The summed E-state index contributed by atoms with van der Waals surface area (Å²) in [4.78, 5) is 55.8. The van der Waals surface area contributed by atoms with Crippen LogP contribution in [0.25, 0.3) is 0 Å². The summed E-state index contributed by atoms with van der Waals surface area (Å²) in [6, 6.07) is -2.46. The summed E-state index contributed by atoms with van der Waals surface area (Å²) in [5, 5.41) is 15.9. The van der Waals surface area contributed by atoms with E-state index in [9.17, 15) is 24.3 Å². The Labute approximate surface area is 247 Å². The number of hydrogen-bond acceptors (Lipinski definition) is 5. The first-order chi connectivity index (χ1) is 18.9. The lowest BCUT2D eigenvalue weighted by atomic mass is 9.66. The molecule has 3 N–H and O–H groups in total. The Morgan fingerprint density at radius 1 is 0.951 bits per heavy atom. The maximum atomic E-state index is 14.1. The first kappa shape index (κ1) is 34.8. The van der Waals surface area contributed by atoms with Gasteiger partial charge in [-0.15, -0.1) is 0 Å². The van der Waals surface area contributed by atoms with Crippen molar-refractivity contribution in [3.63, 3.8) is 0 Å². The van der Waals surface area contributed by atoms with E-state index < -0.39 is 35.6 Å². The van der Waals surface area contributed by atoms with E-state index in [0.717, 1.165) is 12.8 Å². The molecule has 0 spiro atoms. The molecular formula is C32H56N4O5. The highest BCUT2D eigenvalue weighted by molar-refractivity contribution is 5.96. The first-order valence-corrected chi connectivity index (χ1v) is 15.4. The fraction of sp³-hybridized carbons (Fsp3) is 0.812. The van der Waals surface area contributed by atoms with Gasteiger partial charge in [0.1, 0.15) is 12.1 Å². The van der Waals surface area contributed by atoms with Crippen molar-refractivity contribution in [3.8, 4) is 0 Å². The van der Waals surface area contributed by atoms with E-state index >= 15 is 0 Å². The van der Waals surface area contributed by atoms with Crippen LogP contribution < -0.4 is 10.6 Å². The normalized spacial score (nSPS) is 21.4. The summed E-state index contributed by atoms with van der Waals surface area (Å²) in [5.74, 6) is -1.31. The van der Waals surface area contributed by atoms with Gasteiger partial charge < -0.3 is 25.5 Å². The van der Waals surface area contributed by atoms with Crippen molar-refractivity contribution in [2.24, 2.45) is 22.7 Å². The Kier molecular flexibility index (Phi) is 12.0. The second-order valence-electron chi connectivity index (χ2n) is 14.2. The van der Waals surface area contributed by atoms with Crippen LogP contribution >= 0.6 is 0 Å². The Morgan fingerprint density at radius 3 is 2.02 bits per heavy atom. The second-order valence-corrected chi connectivity index (χ2v) is 14.2. The number of carbonyl (C=O) groups is 4. The maximum absolute atomic E-state index is 14.1. The number of aliphatic carboxylic acids is 1. The average molecular weight is 577 g/mol. The summed E-state index contributed by atoms with van der Waals surface area (Å²) >= 11 is 0. The molecular weight excluding hydrogens is 520 g/mol. The molecule has 0 bridgehead atoms. The molecule has 0 radical (unpaired) electrons. The van der Waals surface area contributed by atoms with Crippen LogP contribution in [0.2, 0.25) is 0 Å². The number of nitrogens with one attached hydrogen (secondary N) is 2. The van der Waals surface area contributed by atoms with E-state index in [4.69, 9.17) is 0 Å². The van der Waals surface area contributed by atoms with Gasteiger partial charge in [-0.25, -0.2) is 4.79 Å². The average Bonchev–Trinajstić information content (AvgIpc) is 3.39. The zero-order chi connectivity index (χ0) is 31.3. The lowest BCUT2D eigenvalue weighted by Gasteiger charge is -2.43. The van der Waals surface area contributed by atoms with E-state index in [2.05, 4.69) is 24.5 Å². The predicted molar refractivity (Wildman–Crippen MR) is 162 cm³/mol. The van der Waals surface area contributed by atoms with Crippen molar-refractivity contribution in [1.82, 2.24) is 20.4 Å². The topological polar surface area (TPSA) is 119 Å². The number of likely N-dealkylation sites (tertiary alicyclic amines) is 1. The molecule has 234 valence electrons. The molecule has 2 rings (SSSR count). The number of rotatable bonds is 11. The van der Waals surface area contributed by atoms with Gasteiger partial charge in [0.15, 0.2) is 0 Å². The molecule has 2 fully saturated rings. The van der Waals surface area contributed by atoms with Crippen LogP contribution in [0.3, 0.4) is 0 Å². The van der Waals surface area contributed by atoms with E-state index in [1.54, 1.807) is 24.9 Å². The molecule has 4 atom stereocenters. The summed E-state index contributed by atoms with van der Waals surface area (Å²) in [5.41, 5.74) is -0.424. The summed E-state index contributed by atoms with van der Waals surface area (Å²) < 4.78 is 0. The molecule has 9 nitrogen and oxygen atoms in total. The smallest absolute Gasteiger partial charge is 0.326 e. The maximum Gasteiger partial charge on any atom is 0.326 e. The molecule has 1 heterocycles. The molecule has 1 saturated heterocycles. The fourth-order valence-electron chi connectivity index (χ4n) is 6.72. The van der Waals surface area contributed by atoms with Crippen LogP contribution in [0.5, 0.6) is 0 Å². The number of carboxylic acids is 1. The van der Waals surface area contributed by atoms with Gasteiger partial charge in [-0.3, -0.25) is 14.4 Å². The minimum Gasteiger partial charge on any atom is -0.480 e. The van der Waals surface area contributed by atoms with Gasteiger partial charge in [-0.1, -0.05) is 73.8 Å². The molecule has 0 aromatic rings. The number of nitrogens with zero attached hydrogens (tertiary/aromatic N) is 2. The number of hydrogen-bond donors (Lipinski definition) is 3. The molecule has 3 amide bonds. The molecule has 2 aliphatic rings. The lowest BCUT2D eigenvalue weighted by molar-refractivity contribution is -0.146. The van der Waals surface area contributed by atoms with Gasteiger partial charge >= 0.3 is 5.97 Å². The Morgan fingerprint density at radius 2 is 1.54 bits per heavy atom. The monoisotopic (exact) mass is 576 g/mol. The summed E-state index contributed by atoms with van der Waals surface area (Å²) in [6.45, 7) is 16.2. The third kappa shape index (κ3) is 8.33. The molecule has 41 heavy (non-hydrogen) atoms. The number of likely N-dealkylation sites (N-methyl/N-ethyl adjacent to an activating group) is 2. The van der Waals surface area contributed by atoms with Crippen molar-refractivity contribution < 1.29 is 24.3 Å². The van der Waals surface area contributed by atoms with Crippen molar-refractivity contribution in [2.75, 3.05) is 20.6 Å². The van der Waals surface area contributed by atoms with Crippen LogP contribution in [-0.4, -0.2) is 83.4 Å². The number of carbonyl (C=O) groups excluding carboxylic acids is 3. The third-order valence-corrected chi connectivity index (χ3v) is 9.39. The van der Waals surface area contributed by atoms with Crippen molar-refractivity contribution in [2.45, 2.75) is 125 Å². The standard InChI is InChI=1S/C32H56N4O5/c1-20(2)24(19-21(3)28(38)36-18-14-17-23(36)30(40)41)35(10)29(39)26(31(4,5)6)34-27(37)25(33-9)32(7,8)22-15-12-11-13-16-22/h19-20,22-26,33H,11-18H2,1-10H3,(H,34,37)(H,40,41)/b21-19+/t23-,24+,25+,26+/m0/s1. The number of carboxylic acid groups (broad SMARTS) is 1. The molecule has 0 unspecified atom stereocenters. The minimum atomic E-state index is -0.994. The van der Waals surface area contributed by atoms with Gasteiger partial charge in [-0.05, 0) is 62.3 Å². The van der Waals surface area contributed by atoms with Crippen molar-refractivity contribution in [3.05, 3.63) is 11.6 Å². The SMILES string of the molecule is CN[C@H](C(=O)N[C@H](C(=O)N(C)[C@H](/C=C(\C)C(=O)N1CCC[C@H]1C(=O)O)C(C)C)C(C)(C)C)C(C)(C)C1CCCCC1. The van der Waals surface area contributed by atoms with Gasteiger partial charge in [0, 0.05) is 19.2 Å². The first-order valence-electron chi connectivity index (χ1n) is 15.4. The second kappa shape index (κ2) is 14.2. The molecule has 1 aliphatic heterocycles. The fourth-order valence-corrected chi connectivity index (χ4v) is 6.72. The van der Waals surface area contributed by atoms with E-state index in [-0.39, 0.29) is 29.1 Å². The highest BCUT2D eigenvalue weighted by Gasteiger charge is 2.44. The van der Waals surface area contributed by atoms with Gasteiger partial charge in [0.25, 0.3) is 0 Å². The predicted octanol–water partition coefficient (Wildman–Crippen LogP) is 4.22. The van der Waals surface area contributed by atoms with E-state index in [0.29, 0.717) is 30.9 Å². The third-order valence-electron chi connectivity index (χ3n) is 9.39. The summed E-state index contributed by atoms with van der Waals surface area (Å²) in [6.07, 6.45) is 8.68. The Bertz CT molecular complexity index is 977. The van der Waals surface area contributed by atoms with Gasteiger partial charge in [0.05, 0.1) is 12.1 Å². The lowest BCUT2D eigenvalue weighted by Crippen LogP contribution is -2.61. The molecule has 1 saturated carbocycles. The molecule has 0 aromatic carbocycles. The van der Waals surface area contributed by atoms with Gasteiger partial charge in [-0.2, -0.15) is 0 Å². The Balaban J connectivity index is 2.29. The van der Waals surface area contributed by atoms with Crippen LogP contribution in [0.1, 0.15) is 100 Å². The summed E-state index contributed by atoms with van der Waals surface area (Å²) in [7, 11) is 3.52. The zero-order valence-electron chi connectivity index (χ0n) is 27.2. The van der Waals surface area contributed by atoms with Crippen LogP contribution in [0.15, 0.2) is 11.6 Å². The van der Waals surface area contributed by atoms with E-state index in [1.165, 1.54) is 24.2 Å². The minimum absolute atomic E-state index is 0.0211. The molecule has 1 aliphatic carbocycles.